The quantitative estimate of drug-likeness (QED) is 0.919. The number of nitrogens with zero attached hydrogens (tertiary/aromatic N) is 1. The Kier molecular flexibility index (Phi) is 4.81. The number of piperazine rings is 1. The average molecular weight is 274 g/mol. The van der Waals surface area contributed by atoms with Gasteiger partial charge in [-0.1, -0.05) is 31.5 Å². The maximum Gasteiger partial charge on any atom is 0.254 e. The number of hydrogen-bond acceptors (Lipinski definition) is 2. The molecule has 0 radical (unpaired) electrons. The van der Waals surface area contributed by atoms with Gasteiger partial charge in [-0.15, -0.1) is 0 Å². The Labute approximate surface area is 122 Å². The monoisotopic (exact) mass is 274 g/mol. The Bertz CT molecular complexity index is 484. The molecule has 1 N–H and O–H groups in total. The summed E-state index contributed by atoms with van der Waals surface area (Å²) in [6.45, 7) is 10.1. The van der Waals surface area contributed by atoms with Crippen LogP contribution < -0.4 is 5.32 Å². The van der Waals surface area contributed by atoms with Crippen LogP contribution in [0, 0.1) is 13.8 Å². The SMILES string of the molecule is CCC1CN(C(=O)c2cc(C)ccc2C)C(CC)CN1. The van der Waals surface area contributed by atoms with E-state index in [0.29, 0.717) is 12.1 Å². The number of hydrogen-bond donors (Lipinski definition) is 1. The van der Waals surface area contributed by atoms with Crippen LogP contribution in [0.2, 0.25) is 0 Å². The molecule has 110 valence electrons. The molecule has 0 saturated carbocycles. The molecule has 1 fully saturated rings. The summed E-state index contributed by atoms with van der Waals surface area (Å²) in [6.07, 6.45) is 2.06. The minimum absolute atomic E-state index is 0.193. The van der Waals surface area contributed by atoms with Gasteiger partial charge in [0.2, 0.25) is 0 Å². The Morgan fingerprint density at radius 3 is 2.70 bits per heavy atom. The topological polar surface area (TPSA) is 32.3 Å². The molecule has 0 spiro atoms. The first-order valence-corrected chi connectivity index (χ1v) is 7.68. The van der Waals surface area contributed by atoms with E-state index in [9.17, 15) is 4.79 Å². The molecule has 3 nitrogen and oxygen atoms in total. The zero-order valence-corrected chi connectivity index (χ0v) is 13.1. The Hall–Kier alpha value is -1.35. The highest BCUT2D eigenvalue weighted by molar-refractivity contribution is 5.96. The first-order valence-electron chi connectivity index (χ1n) is 7.68. The summed E-state index contributed by atoms with van der Waals surface area (Å²) < 4.78 is 0. The number of rotatable bonds is 3. The molecule has 2 rings (SSSR count). The van der Waals surface area contributed by atoms with Gasteiger partial charge in [0.1, 0.15) is 0 Å². The van der Waals surface area contributed by atoms with E-state index < -0.39 is 0 Å². The van der Waals surface area contributed by atoms with Crippen LogP contribution >= 0.6 is 0 Å². The van der Waals surface area contributed by atoms with Crippen molar-refractivity contribution in [3.05, 3.63) is 34.9 Å². The predicted molar refractivity (Wildman–Crippen MR) is 83.1 cm³/mol. The lowest BCUT2D eigenvalue weighted by Gasteiger charge is -2.40. The van der Waals surface area contributed by atoms with Crippen LogP contribution in [0.4, 0.5) is 0 Å². The molecule has 1 aromatic carbocycles. The van der Waals surface area contributed by atoms with E-state index >= 15 is 0 Å². The zero-order chi connectivity index (χ0) is 14.7. The smallest absolute Gasteiger partial charge is 0.254 e. The second-order valence-electron chi connectivity index (χ2n) is 5.85. The molecule has 1 saturated heterocycles. The Balaban J connectivity index is 2.26. The highest BCUT2D eigenvalue weighted by Gasteiger charge is 2.30. The van der Waals surface area contributed by atoms with Gasteiger partial charge in [-0.3, -0.25) is 4.79 Å². The molecule has 1 aliphatic heterocycles. The second-order valence-corrected chi connectivity index (χ2v) is 5.85. The van der Waals surface area contributed by atoms with Crippen LogP contribution in [0.15, 0.2) is 18.2 Å². The van der Waals surface area contributed by atoms with E-state index in [0.717, 1.165) is 42.6 Å². The van der Waals surface area contributed by atoms with Crippen molar-refractivity contribution in [1.29, 1.82) is 0 Å². The van der Waals surface area contributed by atoms with Crippen LogP contribution in [-0.2, 0) is 0 Å². The molecular weight excluding hydrogens is 248 g/mol. The van der Waals surface area contributed by atoms with E-state index in [1.54, 1.807) is 0 Å². The lowest BCUT2D eigenvalue weighted by Crippen LogP contribution is -2.58. The van der Waals surface area contributed by atoms with E-state index in [2.05, 4.69) is 30.1 Å². The third kappa shape index (κ3) is 3.04. The van der Waals surface area contributed by atoms with Gasteiger partial charge in [0, 0.05) is 30.7 Å². The minimum Gasteiger partial charge on any atom is -0.333 e. The molecule has 1 aliphatic rings. The number of aryl methyl sites for hydroxylation is 2. The van der Waals surface area contributed by atoms with Crippen molar-refractivity contribution >= 4 is 5.91 Å². The van der Waals surface area contributed by atoms with Gasteiger partial charge >= 0.3 is 0 Å². The van der Waals surface area contributed by atoms with Crippen LogP contribution in [0.1, 0.15) is 48.2 Å². The summed E-state index contributed by atoms with van der Waals surface area (Å²) in [6, 6.07) is 6.86. The van der Waals surface area contributed by atoms with Crippen molar-refractivity contribution in [3.63, 3.8) is 0 Å². The van der Waals surface area contributed by atoms with Gasteiger partial charge in [-0.05, 0) is 38.3 Å². The molecule has 1 heterocycles. The van der Waals surface area contributed by atoms with Crippen molar-refractivity contribution < 1.29 is 4.79 Å². The van der Waals surface area contributed by atoms with Gasteiger partial charge in [0.05, 0.1) is 0 Å². The van der Waals surface area contributed by atoms with E-state index in [-0.39, 0.29) is 5.91 Å². The van der Waals surface area contributed by atoms with Crippen LogP contribution in [0.25, 0.3) is 0 Å². The lowest BCUT2D eigenvalue weighted by atomic mass is 10.00. The fourth-order valence-electron chi connectivity index (χ4n) is 2.87. The standard InChI is InChI=1S/C17H26N2O/c1-5-14-11-19(15(6-2)10-18-14)17(20)16-9-12(3)7-8-13(16)4/h7-9,14-15,18H,5-6,10-11H2,1-4H3. The maximum absolute atomic E-state index is 12.9. The molecule has 2 unspecified atom stereocenters. The molecule has 1 aromatic rings. The average Bonchev–Trinajstić information content (AvgIpc) is 2.48. The molecule has 1 amide bonds. The van der Waals surface area contributed by atoms with E-state index in [4.69, 9.17) is 0 Å². The molecular formula is C17H26N2O. The van der Waals surface area contributed by atoms with Gasteiger partial charge in [-0.2, -0.15) is 0 Å². The second kappa shape index (κ2) is 6.40. The van der Waals surface area contributed by atoms with Gasteiger partial charge in [0.15, 0.2) is 0 Å². The zero-order valence-electron chi connectivity index (χ0n) is 13.1. The van der Waals surface area contributed by atoms with Crippen molar-refractivity contribution in [2.75, 3.05) is 13.1 Å². The third-order valence-electron chi connectivity index (χ3n) is 4.35. The van der Waals surface area contributed by atoms with Crippen molar-refractivity contribution in [2.24, 2.45) is 0 Å². The number of amides is 1. The molecule has 20 heavy (non-hydrogen) atoms. The summed E-state index contributed by atoms with van der Waals surface area (Å²) >= 11 is 0. The summed E-state index contributed by atoms with van der Waals surface area (Å²) in [7, 11) is 0. The molecule has 2 atom stereocenters. The van der Waals surface area contributed by atoms with Gasteiger partial charge < -0.3 is 10.2 Å². The van der Waals surface area contributed by atoms with Gasteiger partial charge in [0.25, 0.3) is 5.91 Å². The molecule has 0 bridgehead atoms. The summed E-state index contributed by atoms with van der Waals surface area (Å²) in [5, 5.41) is 3.54. The molecule has 0 aliphatic carbocycles. The number of nitrogens with one attached hydrogen (secondary N) is 1. The van der Waals surface area contributed by atoms with E-state index in [1.807, 2.05) is 26.0 Å². The summed E-state index contributed by atoms with van der Waals surface area (Å²) in [4.78, 5) is 15.0. The highest BCUT2D eigenvalue weighted by atomic mass is 16.2. The highest BCUT2D eigenvalue weighted by Crippen LogP contribution is 2.19. The van der Waals surface area contributed by atoms with Crippen molar-refractivity contribution in [2.45, 2.75) is 52.6 Å². The normalized spacial score (nSPS) is 22.9. The molecule has 3 heteroatoms. The van der Waals surface area contributed by atoms with Crippen molar-refractivity contribution in [3.8, 4) is 0 Å². The third-order valence-corrected chi connectivity index (χ3v) is 4.35. The fraction of sp³-hybridized carbons (Fsp3) is 0.588. The maximum atomic E-state index is 12.9. The summed E-state index contributed by atoms with van der Waals surface area (Å²) in [5.41, 5.74) is 3.08. The van der Waals surface area contributed by atoms with Crippen LogP contribution in [-0.4, -0.2) is 36.0 Å². The van der Waals surface area contributed by atoms with Crippen LogP contribution in [0.3, 0.4) is 0 Å². The Morgan fingerprint density at radius 2 is 2.05 bits per heavy atom. The predicted octanol–water partition coefficient (Wildman–Crippen LogP) is 2.91. The number of carbonyl (C=O) groups excluding carboxylic acids is 1. The largest absolute Gasteiger partial charge is 0.333 e. The first-order chi connectivity index (χ1) is 9.56. The number of benzene rings is 1. The summed E-state index contributed by atoms with van der Waals surface area (Å²) in [5.74, 6) is 0.193. The van der Waals surface area contributed by atoms with Gasteiger partial charge in [-0.25, -0.2) is 0 Å². The Morgan fingerprint density at radius 1 is 1.30 bits per heavy atom. The van der Waals surface area contributed by atoms with Crippen molar-refractivity contribution in [1.82, 2.24) is 10.2 Å². The fourth-order valence-corrected chi connectivity index (χ4v) is 2.87. The van der Waals surface area contributed by atoms with Crippen LogP contribution in [0.5, 0.6) is 0 Å². The lowest BCUT2D eigenvalue weighted by molar-refractivity contribution is 0.0575. The first kappa shape index (κ1) is 15.0. The minimum atomic E-state index is 0.193. The number of carbonyl (C=O) groups is 1. The molecule has 0 aromatic heterocycles. The van der Waals surface area contributed by atoms with E-state index in [1.165, 1.54) is 0 Å².